The average Bonchev–Trinajstić information content (AvgIpc) is 2.38. The monoisotopic (exact) mass is 235 g/mol. The van der Waals surface area contributed by atoms with Gasteiger partial charge in [0.2, 0.25) is 0 Å². The normalized spacial score (nSPS) is 14.1. The quantitative estimate of drug-likeness (QED) is 0.770. The third-order valence-electron chi connectivity index (χ3n) is 2.79. The summed E-state index contributed by atoms with van der Waals surface area (Å²) in [6.07, 6.45) is 2.08. The maximum absolute atomic E-state index is 11.4. The molecule has 0 bridgehead atoms. The first-order chi connectivity index (χ1) is 8.19. The van der Waals surface area contributed by atoms with Gasteiger partial charge in [-0.3, -0.25) is 10.1 Å². The summed E-state index contributed by atoms with van der Waals surface area (Å²) in [5.41, 5.74) is 1.21. The van der Waals surface area contributed by atoms with Crippen molar-refractivity contribution in [1.82, 2.24) is 5.32 Å². The van der Waals surface area contributed by atoms with E-state index in [4.69, 9.17) is 4.74 Å². The van der Waals surface area contributed by atoms with Gasteiger partial charge in [-0.15, -0.1) is 0 Å². The Balaban J connectivity index is 2.70. The molecule has 0 aliphatic rings. The number of hydrogen-bond donors (Lipinski definition) is 1. The molecule has 1 aromatic rings. The standard InChI is InChI=1S/C14H21NO2/c1-4-8-13(12-9-6-5-7-10-12)15-11(2)14(16)17-3/h5-7,9-11,13,15H,4,8H2,1-3H3/t11-,13?/m0/s1. The Morgan fingerprint density at radius 2 is 2.00 bits per heavy atom. The lowest BCUT2D eigenvalue weighted by Gasteiger charge is -2.22. The van der Waals surface area contributed by atoms with E-state index in [2.05, 4.69) is 24.4 Å². The number of hydrogen-bond acceptors (Lipinski definition) is 3. The van der Waals surface area contributed by atoms with E-state index in [-0.39, 0.29) is 18.1 Å². The summed E-state index contributed by atoms with van der Waals surface area (Å²) >= 11 is 0. The summed E-state index contributed by atoms with van der Waals surface area (Å²) < 4.78 is 4.73. The van der Waals surface area contributed by atoms with Crippen molar-refractivity contribution in [2.45, 2.75) is 38.8 Å². The van der Waals surface area contributed by atoms with Gasteiger partial charge < -0.3 is 4.74 Å². The smallest absolute Gasteiger partial charge is 0.322 e. The molecule has 0 spiro atoms. The number of nitrogens with one attached hydrogen (secondary N) is 1. The number of benzene rings is 1. The summed E-state index contributed by atoms with van der Waals surface area (Å²) in [6, 6.07) is 10.1. The Labute approximate surface area is 103 Å². The van der Waals surface area contributed by atoms with Crippen LogP contribution in [0.3, 0.4) is 0 Å². The third-order valence-corrected chi connectivity index (χ3v) is 2.79. The van der Waals surface area contributed by atoms with Crippen LogP contribution in [-0.4, -0.2) is 19.1 Å². The van der Waals surface area contributed by atoms with Crippen LogP contribution in [0.2, 0.25) is 0 Å². The lowest BCUT2D eigenvalue weighted by molar-refractivity contribution is -0.142. The Kier molecular flexibility index (Phi) is 5.70. The molecule has 0 heterocycles. The van der Waals surface area contributed by atoms with Gasteiger partial charge in [-0.1, -0.05) is 43.7 Å². The molecule has 0 aromatic heterocycles. The van der Waals surface area contributed by atoms with Crippen LogP contribution < -0.4 is 5.32 Å². The Bertz CT molecular complexity index is 337. The largest absolute Gasteiger partial charge is 0.468 e. The molecule has 0 fully saturated rings. The lowest BCUT2D eigenvalue weighted by atomic mass is 10.0. The average molecular weight is 235 g/mol. The third kappa shape index (κ3) is 4.19. The van der Waals surface area contributed by atoms with Crippen LogP contribution in [0.25, 0.3) is 0 Å². The van der Waals surface area contributed by atoms with Gasteiger partial charge in [0.25, 0.3) is 0 Å². The van der Waals surface area contributed by atoms with Crippen LogP contribution in [0.5, 0.6) is 0 Å². The van der Waals surface area contributed by atoms with Gasteiger partial charge in [0.15, 0.2) is 0 Å². The predicted octanol–water partition coefficient (Wildman–Crippen LogP) is 2.68. The van der Waals surface area contributed by atoms with E-state index in [1.807, 2.05) is 25.1 Å². The number of methoxy groups -OCH3 is 1. The molecule has 3 heteroatoms. The van der Waals surface area contributed by atoms with Crippen LogP contribution in [-0.2, 0) is 9.53 Å². The van der Waals surface area contributed by atoms with Gasteiger partial charge in [0.05, 0.1) is 7.11 Å². The molecule has 0 amide bonds. The minimum atomic E-state index is -0.281. The highest BCUT2D eigenvalue weighted by molar-refractivity contribution is 5.75. The Morgan fingerprint density at radius 3 is 2.53 bits per heavy atom. The molecule has 0 aliphatic carbocycles. The highest BCUT2D eigenvalue weighted by Gasteiger charge is 2.18. The van der Waals surface area contributed by atoms with E-state index in [1.165, 1.54) is 12.7 Å². The molecule has 0 aliphatic heterocycles. The topological polar surface area (TPSA) is 38.3 Å². The van der Waals surface area contributed by atoms with E-state index < -0.39 is 0 Å². The fraction of sp³-hybridized carbons (Fsp3) is 0.500. The minimum absolute atomic E-state index is 0.204. The summed E-state index contributed by atoms with van der Waals surface area (Å²) in [4.78, 5) is 11.4. The molecular formula is C14H21NO2. The second-order valence-electron chi connectivity index (χ2n) is 4.16. The molecule has 0 saturated heterocycles. The Morgan fingerprint density at radius 1 is 1.35 bits per heavy atom. The maximum Gasteiger partial charge on any atom is 0.322 e. The maximum atomic E-state index is 11.4. The summed E-state index contributed by atoms with van der Waals surface area (Å²) in [5.74, 6) is -0.220. The number of carbonyl (C=O) groups excluding carboxylic acids is 1. The number of carbonyl (C=O) groups is 1. The van der Waals surface area contributed by atoms with Crippen molar-refractivity contribution in [3.63, 3.8) is 0 Å². The molecule has 1 unspecified atom stereocenters. The van der Waals surface area contributed by atoms with Crippen molar-refractivity contribution in [3.05, 3.63) is 35.9 Å². The van der Waals surface area contributed by atoms with Crippen LogP contribution >= 0.6 is 0 Å². The first kappa shape index (κ1) is 13.7. The minimum Gasteiger partial charge on any atom is -0.468 e. The van der Waals surface area contributed by atoms with Gasteiger partial charge >= 0.3 is 5.97 Å². The molecule has 1 aromatic carbocycles. The van der Waals surface area contributed by atoms with Crippen molar-refractivity contribution in [1.29, 1.82) is 0 Å². The first-order valence-corrected chi connectivity index (χ1v) is 6.07. The number of ether oxygens (including phenoxy) is 1. The van der Waals surface area contributed by atoms with E-state index in [0.29, 0.717) is 0 Å². The second kappa shape index (κ2) is 7.07. The van der Waals surface area contributed by atoms with Gasteiger partial charge in [0.1, 0.15) is 6.04 Å². The molecule has 17 heavy (non-hydrogen) atoms. The zero-order valence-electron chi connectivity index (χ0n) is 10.8. The van der Waals surface area contributed by atoms with E-state index in [0.717, 1.165) is 12.8 Å². The van der Waals surface area contributed by atoms with E-state index in [1.54, 1.807) is 0 Å². The molecule has 1 N–H and O–H groups in total. The Hall–Kier alpha value is -1.35. The zero-order valence-corrected chi connectivity index (χ0v) is 10.8. The van der Waals surface area contributed by atoms with Crippen molar-refractivity contribution >= 4 is 5.97 Å². The number of esters is 1. The molecular weight excluding hydrogens is 214 g/mol. The zero-order chi connectivity index (χ0) is 12.7. The van der Waals surface area contributed by atoms with E-state index >= 15 is 0 Å². The summed E-state index contributed by atoms with van der Waals surface area (Å²) in [6.45, 7) is 3.97. The van der Waals surface area contributed by atoms with Crippen LogP contribution in [0, 0.1) is 0 Å². The second-order valence-corrected chi connectivity index (χ2v) is 4.16. The highest BCUT2D eigenvalue weighted by atomic mass is 16.5. The fourth-order valence-electron chi connectivity index (χ4n) is 1.87. The van der Waals surface area contributed by atoms with Crippen molar-refractivity contribution in [2.75, 3.05) is 7.11 Å². The SMILES string of the molecule is CCCC(N[C@@H](C)C(=O)OC)c1ccccc1. The highest BCUT2D eigenvalue weighted by Crippen LogP contribution is 2.18. The first-order valence-electron chi connectivity index (χ1n) is 6.07. The van der Waals surface area contributed by atoms with Crippen molar-refractivity contribution < 1.29 is 9.53 Å². The van der Waals surface area contributed by atoms with Gasteiger partial charge in [0, 0.05) is 6.04 Å². The van der Waals surface area contributed by atoms with Crippen LogP contribution in [0.15, 0.2) is 30.3 Å². The van der Waals surface area contributed by atoms with Gasteiger partial charge in [-0.25, -0.2) is 0 Å². The van der Waals surface area contributed by atoms with Crippen molar-refractivity contribution in [3.8, 4) is 0 Å². The molecule has 2 atom stereocenters. The summed E-state index contributed by atoms with van der Waals surface area (Å²) in [7, 11) is 1.41. The van der Waals surface area contributed by atoms with E-state index in [9.17, 15) is 4.79 Å². The fourth-order valence-corrected chi connectivity index (χ4v) is 1.87. The van der Waals surface area contributed by atoms with Gasteiger partial charge in [-0.2, -0.15) is 0 Å². The molecule has 0 saturated carbocycles. The number of rotatable bonds is 6. The molecule has 3 nitrogen and oxygen atoms in total. The lowest BCUT2D eigenvalue weighted by Crippen LogP contribution is -2.37. The molecule has 0 radical (unpaired) electrons. The van der Waals surface area contributed by atoms with Crippen LogP contribution in [0.4, 0.5) is 0 Å². The summed E-state index contributed by atoms with van der Waals surface area (Å²) in [5, 5.41) is 3.31. The molecule has 94 valence electrons. The van der Waals surface area contributed by atoms with Crippen LogP contribution in [0.1, 0.15) is 38.3 Å². The predicted molar refractivity (Wildman–Crippen MR) is 68.7 cm³/mol. The molecule has 1 rings (SSSR count). The van der Waals surface area contributed by atoms with Crippen molar-refractivity contribution in [2.24, 2.45) is 0 Å². The van der Waals surface area contributed by atoms with Gasteiger partial charge in [-0.05, 0) is 18.9 Å².